The molecule has 0 unspecified atom stereocenters. The third-order valence-electron chi connectivity index (χ3n) is 6.56. The number of benzene rings is 2. The molecule has 0 aliphatic heterocycles. The van der Waals surface area contributed by atoms with Crippen molar-refractivity contribution in [2.45, 2.75) is 52.6 Å². The second-order valence-corrected chi connectivity index (χ2v) is 10.1. The average molecular weight is 577 g/mol. The first-order valence-corrected chi connectivity index (χ1v) is 14.6. The number of nitrogens with one attached hydrogen (secondary N) is 2. The van der Waals surface area contributed by atoms with Crippen molar-refractivity contribution >= 4 is 45.4 Å². The van der Waals surface area contributed by atoms with Gasteiger partial charge in [0.05, 0.1) is 48.1 Å². The lowest BCUT2D eigenvalue weighted by atomic mass is 10.0. The van der Waals surface area contributed by atoms with Crippen LogP contribution in [0.4, 0.5) is 11.4 Å². The van der Waals surface area contributed by atoms with Crippen LogP contribution < -0.4 is 31.6 Å². The normalized spacial score (nSPS) is 11.7. The molecular weight excluding hydrogens is 540 g/mol. The summed E-state index contributed by atoms with van der Waals surface area (Å²) in [6.45, 7) is 7.13. The number of amides is 2. The van der Waals surface area contributed by atoms with Gasteiger partial charge in [-0.1, -0.05) is 19.1 Å². The van der Waals surface area contributed by atoms with Gasteiger partial charge in [0.15, 0.2) is 11.5 Å². The second kappa shape index (κ2) is 13.9. The monoisotopic (exact) mass is 576 g/mol. The first-order valence-electron chi connectivity index (χ1n) is 13.6. The lowest BCUT2D eigenvalue weighted by Gasteiger charge is -2.20. The van der Waals surface area contributed by atoms with Gasteiger partial charge in [-0.05, 0) is 43.5 Å². The number of aromatic nitrogens is 2. The summed E-state index contributed by atoms with van der Waals surface area (Å²) in [5.74, 6) is 0.481. The molecule has 0 saturated heterocycles. The average Bonchev–Trinajstić information content (AvgIpc) is 3.46. The van der Waals surface area contributed by atoms with Crippen LogP contribution in [0.25, 0.3) is 10.9 Å². The van der Waals surface area contributed by atoms with Crippen LogP contribution in [0.3, 0.4) is 0 Å². The van der Waals surface area contributed by atoms with E-state index >= 15 is 0 Å². The maximum Gasteiger partial charge on any atom is 0.237 e. The number of hydrogen-bond acceptors (Lipinski definition) is 9. The molecule has 2 heterocycles. The highest BCUT2D eigenvalue weighted by molar-refractivity contribution is 7.07. The number of nitrogens with two attached hydrogens (primary N) is 2. The molecule has 0 aliphatic rings. The summed E-state index contributed by atoms with van der Waals surface area (Å²) in [5.41, 5.74) is 19.1. The molecule has 6 N–H and O–H groups in total. The Balaban J connectivity index is 1.67. The summed E-state index contributed by atoms with van der Waals surface area (Å²) in [6, 6.07) is 8.90. The van der Waals surface area contributed by atoms with Crippen LogP contribution in [0.15, 0.2) is 47.4 Å². The van der Waals surface area contributed by atoms with Gasteiger partial charge >= 0.3 is 0 Å². The molecule has 2 aromatic carbocycles. The molecule has 10 nitrogen and oxygen atoms in total. The standard InChI is InChI=1S/C30H36N6O4S/c1-4-21-18(14-34-30(38)23(31)11-20-16-41-17-35-20)8-7-9-24(21)36-29-19(10-28(32)37)15-33-25-13-27(40-6-3)26(39-5-2)12-22(25)29/h7-9,12-13,15-17,23H,4-6,10-11,14,31H2,1-3H3,(H2,32,37)(H,33,36)(H,34,38)/t23-/m0/s1. The second-order valence-electron chi connectivity index (χ2n) is 9.41. The number of rotatable bonds is 14. The first kappa shape index (κ1) is 29.8. The third-order valence-corrected chi connectivity index (χ3v) is 7.20. The smallest absolute Gasteiger partial charge is 0.237 e. The van der Waals surface area contributed by atoms with E-state index in [0.29, 0.717) is 60.9 Å². The van der Waals surface area contributed by atoms with E-state index in [2.05, 4.69) is 27.5 Å². The van der Waals surface area contributed by atoms with Gasteiger partial charge in [0.1, 0.15) is 0 Å². The van der Waals surface area contributed by atoms with Crippen LogP contribution in [0.5, 0.6) is 11.5 Å². The fraction of sp³-hybridized carbons (Fsp3) is 0.333. The molecule has 1 atom stereocenters. The summed E-state index contributed by atoms with van der Waals surface area (Å²) in [6.07, 6.45) is 2.75. The predicted octanol–water partition coefficient (Wildman–Crippen LogP) is 4.01. The van der Waals surface area contributed by atoms with E-state index in [1.807, 2.05) is 49.6 Å². The van der Waals surface area contributed by atoms with Crippen molar-refractivity contribution in [1.29, 1.82) is 0 Å². The van der Waals surface area contributed by atoms with Gasteiger partial charge in [0.25, 0.3) is 0 Å². The predicted molar refractivity (Wildman–Crippen MR) is 162 cm³/mol. The number of hydrogen-bond donors (Lipinski definition) is 4. The molecule has 216 valence electrons. The van der Waals surface area contributed by atoms with E-state index in [1.54, 1.807) is 11.7 Å². The SMILES string of the molecule is CCOc1cc2ncc(CC(N)=O)c(Nc3cccc(CNC(=O)[C@@H](N)Cc4cscn4)c3CC)c2cc1OCC. The summed E-state index contributed by atoms with van der Waals surface area (Å²) in [4.78, 5) is 33.5. The van der Waals surface area contributed by atoms with Crippen LogP contribution in [-0.2, 0) is 35.4 Å². The maximum absolute atomic E-state index is 12.7. The molecule has 0 bridgehead atoms. The van der Waals surface area contributed by atoms with Crippen molar-refractivity contribution in [3.8, 4) is 11.5 Å². The molecule has 4 aromatic rings. The number of anilines is 2. The molecule has 0 spiro atoms. The Morgan fingerprint density at radius 3 is 2.46 bits per heavy atom. The summed E-state index contributed by atoms with van der Waals surface area (Å²) < 4.78 is 11.7. The van der Waals surface area contributed by atoms with Crippen LogP contribution in [0.2, 0.25) is 0 Å². The topological polar surface area (TPSA) is 154 Å². The zero-order valence-corrected chi connectivity index (χ0v) is 24.3. The van der Waals surface area contributed by atoms with Crippen LogP contribution in [0.1, 0.15) is 43.2 Å². The molecule has 11 heteroatoms. The molecule has 0 fully saturated rings. The molecule has 2 amide bonds. The highest BCUT2D eigenvalue weighted by Gasteiger charge is 2.19. The number of primary amides is 1. The van der Waals surface area contributed by atoms with Gasteiger partial charge < -0.3 is 31.6 Å². The number of carbonyl (C=O) groups excluding carboxylic acids is 2. The zero-order chi connectivity index (χ0) is 29.4. The third kappa shape index (κ3) is 7.30. The summed E-state index contributed by atoms with van der Waals surface area (Å²) >= 11 is 1.47. The van der Waals surface area contributed by atoms with Gasteiger partial charge in [-0.2, -0.15) is 0 Å². The van der Waals surface area contributed by atoms with Gasteiger partial charge in [0.2, 0.25) is 11.8 Å². The highest BCUT2D eigenvalue weighted by atomic mass is 32.1. The lowest BCUT2D eigenvalue weighted by Crippen LogP contribution is -2.41. The Hall–Kier alpha value is -4.22. The van der Waals surface area contributed by atoms with Gasteiger partial charge in [-0.25, -0.2) is 4.98 Å². The zero-order valence-electron chi connectivity index (χ0n) is 23.5. The summed E-state index contributed by atoms with van der Waals surface area (Å²) in [7, 11) is 0. The number of nitrogens with zero attached hydrogens (tertiary/aromatic N) is 2. The Kier molecular flexibility index (Phi) is 10.1. The molecule has 0 aliphatic carbocycles. The Morgan fingerprint density at radius 1 is 1.05 bits per heavy atom. The number of thiazole rings is 1. The highest BCUT2D eigenvalue weighted by Crippen LogP contribution is 2.38. The Labute approximate surface area is 243 Å². The van der Waals surface area contributed by atoms with E-state index in [4.69, 9.17) is 20.9 Å². The molecule has 2 aromatic heterocycles. The minimum Gasteiger partial charge on any atom is -0.490 e. The maximum atomic E-state index is 12.7. The van der Waals surface area contributed by atoms with Crippen molar-refractivity contribution in [2.24, 2.45) is 11.5 Å². The van der Waals surface area contributed by atoms with Crippen molar-refractivity contribution in [3.63, 3.8) is 0 Å². The molecule has 4 rings (SSSR count). The van der Waals surface area contributed by atoms with Gasteiger partial charge in [-0.15, -0.1) is 11.3 Å². The minimum atomic E-state index is -0.691. The van der Waals surface area contributed by atoms with E-state index in [0.717, 1.165) is 27.9 Å². The number of pyridine rings is 1. The number of ether oxygens (including phenoxy) is 2. The van der Waals surface area contributed by atoms with E-state index in [-0.39, 0.29) is 12.3 Å². The van der Waals surface area contributed by atoms with Gasteiger partial charge in [-0.3, -0.25) is 14.6 Å². The van der Waals surface area contributed by atoms with Crippen molar-refractivity contribution in [2.75, 3.05) is 18.5 Å². The van der Waals surface area contributed by atoms with Crippen LogP contribution in [0, 0.1) is 0 Å². The van der Waals surface area contributed by atoms with Gasteiger partial charge in [0, 0.05) is 47.2 Å². The Morgan fingerprint density at radius 2 is 1.80 bits per heavy atom. The number of carbonyl (C=O) groups is 2. The van der Waals surface area contributed by atoms with Crippen molar-refractivity contribution in [1.82, 2.24) is 15.3 Å². The van der Waals surface area contributed by atoms with E-state index < -0.39 is 11.9 Å². The summed E-state index contributed by atoms with van der Waals surface area (Å²) in [5, 5.41) is 9.18. The van der Waals surface area contributed by atoms with Crippen LogP contribution >= 0.6 is 11.3 Å². The minimum absolute atomic E-state index is 0.0105. The number of fused-ring (bicyclic) bond motifs is 1. The fourth-order valence-electron chi connectivity index (χ4n) is 4.69. The first-order chi connectivity index (χ1) is 19.8. The molecule has 41 heavy (non-hydrogen) atoms. The van der Waals surface area contributed by atoms with E-state index in [9.17, 15) is 9.59 Å². The molecule has 0 saturated carbocycles. The fourth-order valence-corrected chi connectivity index (χ4v) is 5.26. The van der Waals surface area contributed by atoms with Crippen molar-refractivity contribution in [3.05, 3.63) is 69.8 Å². The lowest BCUT2D eigenvalue weighted by molar-refractivity contribution is -0.122. The quantitative estimate of drug-likeness (QED) is 0.176. The van der Waals surface area contributed by atoms with Crippen LogP contribution in [-0.4, -0.2) is 41.0 Å². The van der Waals surface area contributed by atoms with E-state index in [1.165, 1.54) is 11.3 Å². The largest absolute Gasteiger partial charge is 0.490 e. The van der Waals surface area contributed by atoms with Crippen molar-refractivity contribution < 1.29 is 19.1 Å². The molecular formula is C30H36N6O4S. The molecule has 0 radical (unpaired) electrons. The Bertz CT molecular complexity index is 1510.